The van der Waals surface area contributed by atoms with E-state index in [0.29, 0.717) is 18.9 Å². The fourth-order valence-electron chi connectivity index (χ4n) is 3.84. The Morgan fingerprint density at radius 2 is 1.93 bits per heavy atom. The van der Waals surface area contributed by atoms with Gasteiger partial charge in [0.05, 0.1) is 18.7 Å². The molecule has 0 atom stereocenters. The van der Waals surface area contributed by atoms with Crippen LogP contribution in [0.4, 0.5) is 5.69 Å². The fourth-order valence-corrected chi connectivity index (χ4v) is 3.84. The summed E-state index contributed by atoms with van der Waals surface area (Å²) in [6, 6.07) is 13.7. The van der Waals surface area contributed by atoms with Gasteiger partial charge in [0.2, 0.25) is 0 Å². The highest BCUT2D eigenvalue weighted by Gasteiger charge is 2.23. The highest BCUT2D eigenvalue weighted by Crippen LogP contribution is 2.35. The summed E-state index contributed by atoms with van der Waals surface area (Å²) in [6.07, 6.45) is 5.15. The van der Waals surface area contributed by atoms with Gasteiger partial charge in [0.15, 0.2) is 6.73 Å². The largest absolute Gasteiger partial charge is 0.494 e. The van der Waals surface area contributed by atoms with Crippen LogP contribution >= 0.6 is 0 Å². The van der Waals surface area contributed by atoms with E-state index in [1.54, 1.807) is 6.07 Å². The number of hydrogen-bond donors (Lipinski definition) is 0. The molecule has 0 spiro atoms. The Bertz CT molecular complexity index is 1070. The lowest BCUT2D eigenvalue weighted by Gasteiger charge is -2.31. The van der Waals surface area contributed by atoms with Gasteiger partial charge < -0.3 is 18.8 Å². The normalized spacial score (nSPS) is 13.2. The highest BCUT2D eigenvalue weighted by molar-refractivity contribution is 5.85. The first-order chi connectivity index (χ1) is 14.7. The Morgan fingerprint density at radius 3 is 2.77 bits per heavy atom. The second kappa shape index (κ2) is 9.24. The summed E-state index contributed by atoms with van der Waals surface area (Å²) in [7, 11) is 0. The van der Waals surface area contributed by atoms with E-state index in [0.717, 1.165) is 72.4 Å². The molecule has 0 N–H and O–H groups in total. The summed E-state index contributed by atoms with van der Waals surface area (Å²) in [5.41, 5.74) is 3.34. The zero-order chi connectivity index (χ0) is 20.9. The third kappa shape index (κ3) is 4.30. The minimum atomic E-state index is -0.301. The van der Waals surface area contributed by atoms with Crippen LogP contribution in [0.2, 0.25) is 0 Å². The quantitative estimate of drug-likeness (QED) is 0.356. The Hall–Kier alpha value is -2.95. The van der Waals surface area contributed by atoms with Crippen molar-refractivity contribution in [1.29, 1.82) is 0 Å². The molecule has 5 heteroatoms. The van der Waals surface area contributed by atoms with Crippen molar-refractivity contribution in [2.24, 2.45) is 0 Å². The van der Waals surface area contributed by atoms with Gasteiger partial charge >= 0.3 is 5.63 Å². The number of unbranched alkanes of at least 4 members (excludes halogenated alkanes) is 2. The Balaban J connectivity index is 1.65. The smallest absolute Gasteiger partial charge is 0.336 e. The average molecular weight is 408 g/mol. The standard InChI is InChI=1S/C25H29NO4/c1-3-5-8-18-14-24(27)30-25-21(18)11-12-23-22(25)16-26(17-29-23)19-9-7-10-20(15-19)28-13-6-4-2/h7,9-12,14-15H,3-6,8,13,16-17H2,1-2H3. The van der Waals surface area contributed by atoms with Crippen molar-refractivity contribution in [3.05, 3.63) is 64.0 Å². The number of hydrogen-bond acceptors (Lipinski definition) is 5. The maximum Gasteiger partial charge on any atom is 0.336 e. The predicted molar refractivity (Wildman–Crippen MR) is 120 cm³/mol. The summed E-state index contributed by atoms with van der Waals surface area (Å²) in [5, 5.41) is 1.00. The van der Waals surface area contributed by atoms with Crippen LogP contribution in [0.1, 0.15) is 50.7 Å². The van der Waals surface area contributed by atoms with Gasteiger partial charge in [-0.2, -0.15) is 0 Å². The first-order valence-corrected chi connectivity index (χ1v) is 10.9. The highest BCUT2D eigenvalue weighted by atomic mass is 16.5. The summed E-state index contributed by atoms with van der Waals surface area (Å²) in [5.74, 6) is 1.64. The van der Waals surface area contributed by atoms with E-state index in [9.17, 15) is 4.79 Å². The van der Waals surface area contributed by atoms with Crippen LogP contribution in [0.25, 0.3) is 11.0 Å². The van der Waals surface area contributed by atoms with E-state index in [2.05, 4.69) is 24.8 Å². The van der Waals surface area contributed by atoms with Gasteiger partial charge in [0, 0.05) is 23.2 Å². The first-order valence-electron chi connectivity index (χ1n) is 10.9. The lowest BCUT2D eigenvalue weighted by molar-refractivity contribution is 0.288. The van der Waals surface area contributed by atoms with Crippen LogP contribution in [0.15, 0.2) is 51.7 Å². The minimum Gasteiger partial charge on any atom is -0.494 e. The van der Waals surface area contributed by atoms with E-state index < -0.39 is 0 Å². The van der Waals surface area contributed by atoms with Crippen LogP contribution in [0.5, 0.6) is 11.5 Å². The second-order valence-corrected chi connectivity index (χ2v) is 7.78. The van der Waals surface area contributed by atoms with Crippen LogP contribution in [-0.4, -0.2) is 13.3 Å². The lowest BCUT2D eigenvalue weighted by atomic mass is 10.0. The Morgan fingerprint density at radius 1 is 1.07 bits per heavy atom. The zero-order valence-electron chi connectivity index (χ0n) is 17.8. The zero-order valence-corrected chi connectivity index (χ0v) is 17.8. The maximum absolute atomic E-state index is 12.2. The SMILES string of the molecule is CCCCOc1cccc(N2COc3ccc4c(CCCC)cc(=O)oc4c3C2)c1. The van der Waals surface area contributed by atoms with Crippen molar-refractivity contribution in [1.82, 2.24) is 0 Å². The Labute approximate surface area is 177 Å². The van der Waals surface area contributed by atoms with E-state index >= 15 is 0 Å². The summed E-state index contributed by atoms with van der Waals surface area (Å²) in [6.45, 7) is 6.08. The number of aryl methyl sites for hydroxylation is 1. The fraction of sp³-hybridized carbons (Fsp3) is 0.400. The number of fused-ring (bicyclic) bond motifs is 3. The van der Waals surface area contributed by atoms with Crippen molar-refractivity contribution >= 4 is 16.7 Å². The van der Waals surface area contributed by atoms with Gasteiger partial charge in [0.1, 0.15) is 17.1 Å². The second-order valence-electron chi connectivity index (χ2n) is 7.78. The third-order valence-electron chi connectivity index (χ3n) is 5.53. The molecule has 158 valence electrons. The molecular weight excluding hydrogens is 378 g/mol. The molecule has 5 nitrogen and oxygen atoms in total. The molecule has 4 rings (SSSR count). The van der Waals surface area contributed by atoms with Crippen molar-refractivity contribution in [2.45, 2.75) is 52.5 Å². The number of anilines is 1. The van der Waals surface area contributed by atoms with E-state index in [1.807, 2.05) is 30.3 Å². The van der Waals surface area contributed by atoms with E-state index in [4.69, 9.17) is 13.9 Å². The molecule has 0 radical (unpaired) electrons. The van der Waals surface area contributed by atoms with Crippen LogP contribution < -0.4 is 20.0 Å². The minimum absolute atomic E-state index is 0.301. The number of rotatable bonds is 8. The van der Waals surface area contributed by atoms with Crippen LogP contribution in [0.3, 0.4) is 0 Å². The molecule has 1 aliphatic heterocycles. The van der Waals surface area contributed by atoms with Crippen molar-refractivity contribution in [3.8, 4) is 11.5 Å². The molecular formula is C25H29NO4. The first kappa shape index (κ1) is 20.3. The number of nitrogens with zero attached hydrogens (tertiary/aromatic N) is 1. The molecule has 0 amide bonds. The topological polar surface area (TPSA) is 51.9 Å². The van der Waals surface area contributed by atoms with Crippen LogP contribution in [0, 0.1) is 0 Å². The monoisotopic (exact) mass is 407 g/mol. The molecule has 0 saturated heterocycles. The van der Waals surface area contributed by atoms with Crippen molar-refractivity contribution in [3.63, 3.8) is 0 Å². The molecule has 30 heavy (non-hydrogen) atoms. The lowest BCUT2D eigenvalue weighted by Crippen LogP contribution is -2.32. The molecule has 0 aliphatic carbocycles. The molecule has 1 aromatic heterocycles. The molecule has 0 saturated carbocycles. The van der Waals surface area contributed by atoms with Gasteiger partial charge in [-0.3, -0.25) is 0 Å². The molecule has 3 aromatic rings. The Kier molecular flexibility index (Phi) is 6.26. The third-order valence-corrected chi connectivity index (χ3v) is 5.53. The van der Waals surface area contributed by atoms with Gasteiger partial charge in [-0.25, -0.2) is 4.79 Å². The summed E-state index contributed by atoms with van der Waals surface area (Å²) < 4.78 is 17.5. The molecule has 0 bridgehead atoms. The van der Waals surface area contributed by atoms with E-state index in [-0.39, 0.29) is 5.63 Å². The molecule has 0 fully saturated rings. The molecule has 1 aliphatic rings. The molecule has 2 aromatic carbocycles. The predicted octanol–water partition coefficient (Wildman–Crippen LogP) is 5.67. The van der Waals surface area contributed by atoms with Crippen LogP contribution in [-0.2, 0) is 13.0 Å². The average Bonchev–Trinajstić information content (AvgIpc) is 2.77. The van der Waals surface area contributed by atoms with E-state index in [1.165, 1.54) is 0 Å². The summed E-state index contributed by atoms with van der Waals surface area (Å²) >= 11 is 0. The van der Waals surface area contributed by atoms with Gasteiger partial charge in [0.25, 0.3) is 0 Å². The van der Waals surface area contributed by atoms with Gasteiger partial charge in [-0.15, -0.1) is 0 Å². The van der Waals surface area contributed by atoms with Gasteiger partial charge in [-0.1, -0.05) is 32.8 Å². The number of ether oxygens (including phenoxy) is 2. The van der Waals surface area contributed by atoms with Gasteiger partial charge in [-0.05, 0) is 49.1 Å². The molecule has 2 heterocycles. The maximum atomic E-state index is 12.2. The van der Waals surface area contributed by atoms with Crippen molar-refractivity contribution < 1.29 is 13.9 Å². The molecule has 0 unspecified atom stereocenters. The van der Waals surface area contributed by atoms with Crippen molar-refractivity contribution in [2.75, 3.05) is 18.2 Å². The summed E-state index contributed by atoms with van der Waals surface area (Å²) in [4.78, 5) is 14.4. The number of benzene rings is 2.